The highest BCUT2D eigenvalue weighted by atomic mass is 33.1. The van der Waals surface area contributed by atoms with E-state index in [9.17, 15) is 0 Å². The van der Waals surface area contributed by atoms with Crippen LogP contribution in [0.5, 0.6) is 0 Å². The minimum absolute atomic E-state index is 1.05. The van der Waals surface area contributed by atoms with Gasteiger partial charge in [0.15, 0.2) is 0 Å². The summed E-state index contributed by atoms with van der Waals surface area (Å²) in [4.78, 5) is 0. The highest BCUT2D eigenvalue weighted by Crippen LogP contribution is 2.39. The van der Waals surface area contributed by atoms with Crippen LogP contribution in [0.15, 0.2) is 72.8 Å². The summed E-state index contributed by atoms with van der Waals surface area (Å²) in [5, 5.41) is 5.67. The van der Waals surface area contributed by atoms with Crippen LogP contribution in [-0.4, -0.2) is 0 Å². The van der Waals surface area contributed by atoms with Crippen LogP contribution in [0.3, 0.4) is 0 Å². The van der Waals surface area contributed by atoms with Gasteiger partial charge in [-0.1, -0.05) is 116 Å². The quantitative estimate of drug-likeness (QED) is 0.253. The van der Waals surface area contributed by atoms with Crippen LogP contribution < -0.4 is 0 Å². The fourth-order valence-electron chi connectivity index (χ4n) is 3.77. The lowest BCUT2D eigenvalue weighted by Crippen LogP contribution is -1.91. The highest BCUT2D eigenvalue weighted by Gasteiger charge is 2.10. The fourth-order valence-corrected chi connectivity index (χ4v) is 8.14. The zero-order chi connectivity index (χ0) is 18.8. The summed E-state index contributed by atoms with van der Waals surface area (Å²) in [5.74, 6) is 4.18. The predicted octanol–water partition coefficient (Wildman–Crippen LogP) is 8.47. The van der Waals surface area contributed by atoms with E-state index in [4.69, 9.17) is 0 Å². The Bertz CT molecular complexity index is 956. The molecule has 0 aromatic heterocycles. The molecule has 4 aromatic carbocycles. The first-order valence-corrected chi connectivity index (χ1v) is 14.4. The van der Waals surface area contributed by atoms with E-state index in [1.165, 1.54) is 43.8 Å². The van der Waals surface area contributed by atoms with Crippen molar-refractivity contribution < 1.29 is 0 Å². The van der Waals surface area contributed by atoms with E-state index in [2.05, 4.69) is 72.8 Å². The maximum atomic E-state index is 2.34. The molecule has 0 unspecified atom stereocenters. The standard InChI is InChI=1S/C24H20S4/c1-2-6-22-18-10-9-17(21(22)5-1)13-25-27-15-19-11-12-20(16-28-26-14-18)24-8-4-3-7-23(19)24/h1-12H,13-16H2. The number of hydrogen-bond acceptors (Lipinski definition) is 4. The number of benzene rings is 4. The average Bonchev–Trinajstić information content (AvgIpc) is 2.75. The molecule has 0 atom stereocenters. The van der Waals surface area contributed by atoms with Crippen LogP contribution >= 0.6 is 43.2 Å². The van der Waals surface area contributed by atoms with Gasteiger partial charge in [-0.3, -0.25) is 0 Å². The van der Waals surface area contributed by atoms with Crippen LogP contribution in [0.2, 0.25) is 0 Å². The zero-order valence-electron chi connectivity index (χ0n) is 15.4. The molecule has 4 bridgehead atoms. The Morgan fingerprint density at radius 2 is 0.607 bits per heavy atom. The summed E-state index contributed by atoms with van der Waals surface area (Å²) < 4.78 is 0. The largest absolute Gasteiger partial charge is 0.0890 e. The van der Waals surface area contributed by atoms with Crippen molar-refractivity contribution in [3.05, 3.63) is 95.1 Å². The van der Waals surface area contributed by atoms with Crippen molar-refractivity contribution in [2.75, 3.05) is 0 Å². The Morgan fingerprint density at radius 1 is 0.357 bits per heavy atom. The van der Waals surface area contributed by atoms with E-state index in [1.54, 1.807) is 0 Å². The molecule has 6 rings (SSSR count). The Labute approximate surface area is 182 Å². The van der Waals surface area contributed by atoms with Crippen LogP contribution in [0.4, 0.5) is 0 Å². The lowest BCUT2D eigenvalue weighted by Gasteiger charge is -2.14. The first-order valence-electron chi connectivity index (χ1n) is 9.38. The summed E-state index contributed by atoms with van der Waals surface area (Å²) in [6.45, 7) is 0. The number of hydrogen-bond donors (Lipinski definition) is 0. The molecule has 28 heavy (non-hydrogen) atoms. The number of fused-ring (bicyclic) bond motifs is 8. The SMILES string of the molecule is c1ccc2c3ccc(c2c1)CSSCc1ccc(c2ccccc12)CSSC3. The first-order chi connectivity index (χ1) is 13.9. The molecule has 0 saturated carbocycles. The zero-order valence-corrected chi connectivity index (χ0v) is 18.7. The second-order valence-electron chi connectivity index (χ2n) is 6.91. The lowest BCUT2D eigenvalue weighted by molar-refractivity contribution is 1.40. The third-order valence-corrected chi connectivity index (χ3v) is 9.70. The van der Waals surface area contributed by atoms with E-state index in [-0.39, 0.29) is 0 Å². The second kappa shape index (κ2) is 8.66. The number of rotatable bonds is 0. The van der Waals surface area contributed by atoms with Gasteiger partial charge in [-0.15, -0.1) is 0 Å². The summed E-state index contributed by atoms with van der Waals surface area (Å²) in [6, 6.07) is 27.2. The van der Waals surface area contributed by atoms with Crippen molar-refractivity contribution >= 4 is 64.7 Å². The van der Waals surface area contributed by atoms with Gasteiger partial charge in [0.25, 0.3) is 0 Å². The predicted molar refractivity (Wildman–Crippen MR) is 133 cm³/mol. The molecule has 0 spiro atoms. The Kier molecular flexibility index (Phi) is 5.82. The summed E-state index contributed by atoms with van der Waals surface area (Å²) in [5.41, 5.74) is 5.78. The second-order valence-corrected chi connectivity index (χ2v) is 11.8. The van der Waals surface area contributed by atoms with Crippen LogP contribution in [0, 0.1) is 0 Å². The molecular weight excluding hydrogens is 417 g/mol. The molecule has 4 heteroatoms. The Hall–Kier alpha value is -1.20. The molecule has 0 radical (unpaired) electrons. The third kappa shape index (κ3) is 3.80. The van der Waals surface area contributed by atoms with Gasteiger partial charge in [0.05, 0.1) is 0 Å². The normalized spacial score (nSPS) is 15.4. The average molecular weight is 437 g/mol. The molecule has 0 saturated heterocycles. The van der Waals surface area contributed by atoms with Crippen molar-refractivity contribution in [2.45, 2.75) is 23.0 Å². The van der Waals surface area contributed by atoms with Gasteiger partial charge in [0.2, 0.25) is 0 Å². The van der Waals surface area contributed by atoms with Crippen molar-refractivity contribution in [3.63, 3.8) is 0 Å². The van der Waals surface area contributed by atoms with Gasteiger partial charge in [-0.2, -0.15) is 0 Å². The van der Waals surface area contributed by atoms with Gasteiger partial charge in [-0.05, 0) is 43.8 Å². The van der Waals surface area contributed by atoms with E-state index in [0.29, 0.717) is 0 Å². The highest BCUT2D eigenvalue weighted by molar-refractivity contribution is 8.76. The Balaban J connectivity index is 1.51. The molecular formula is C24H20S4. The molecule has 4 aromatic rings. The van der Waals surface area contributed by atoms with Crippen molar-refractivity contribution in [1.29, 1.82) is 0 Å². The van der Waals surface area contributed by atoms with Gasteiger partial charge in [0, 0.05) is 23.0 Å². The molecule has 0 N–H and O–H groups in total. The van der Waals surface area contributed by atoms with Crippen LogP contribution in [-0.2, 0) is 23.0 Å². The summed E-state index contributed by atoms with van der Waals surface area (Å²) in [7, 11) is 7.88. The maximum Gasteiger partial charge on any atom is 0.0295 e. The molecule has 0 nitrogen and oxygen atoms in total. The third-order valence-electron chi connectivity index (χ3n) is 5.23. The molecule has 2 aliphatic rings. The van der Waals surface area contributed by atoms with E-state index in [1.807, 2.05) is 43.2 Å². The topological polar surface area (TPSA) is 0 Å². The monoisotopic (exact) mass is 436 g/mol. The van der Waals surface area contributed by atoms with Gasteiger partial charge >= 0.3 is 0 Å². The fraction of sp³-hybridized carbons (Fsp3) is 0.167. The summed E-state index contributed by atoms with van der Waals surface area (Å²) >= 11 is 0. The molecule has 140 valence electrons. The van der Waals surface area contributed by atoms with E-state index >= 15 is 0 Å². The molecule has 0 aliphatic carbocycles. The van der Waals surface area contributed by atoms with Gasteiger partial charge < -0.3 is 0 Å². The molecule has 2 aliphatic heterocycles. The van der Waals surface area contributed by atoms with Crippen molar-refractivity contribution in [1.82, 2.24) is 0 Å². The minimum atomic E-state index is 1.05. The van der Waals surface area contributed by atoms with Gasteiger partial charge in [-0.25, -0.2) is 0 Å². The maximum absolute atomic E-state index is 2.34. The molecule has 0 amide bonds. The smallest absolute Gasteiger partial charge is 0.0295 e. The van der Waals surface area contributed by atoms with Crippen molar-refractivity contribution in [2.24, 2.45) is 0 Å². The van der Waals surface area contributed by atoms with E-state index in [0.717, 1.165) is 23.0 Å². The molecule has 0 fully saturated rings. The summed E-state index contributed by atoms with van der Waals surface area (Å²) in [6.07, 6.45) is 0. The lowest BCUT2D eigenvalue weighted by atomic mass is 10.0. The Morgan fingerprint density at radius 3 is 0.857 bits per heavy atom. The van der Waals surface area contributed by atoms with E-state index < -0.39 is 0 Å². The van der Waals surface area contributed by atoms with Crippen molar-refractivity contribution in [3.8, 4) is 0 Å². The van der Waals surface area contributed by atoms with Gasteiger partial charge in [0.1, 0.15) is 0 Å². The van der Waals surface area contributed by atoms with Crippen LogP contribution in [0.1, 0.15) is 22.3 Å². The first kappa shape index (κ1) is 18.8. The van der Waals surface area contributed by atoms with Crippen LogP contribution in [0.25, 0.3) is 21.5 Å². The molecule has 2 heterocycles. The minimum Gasteiger partial charge on any atom is -0.0890 e.